The van der Waals surface area contributed by atoms with E-state index in [2.05, 4.69) is 19.2 Å². The molecule has 1 heterocycles. The van der Waals surface area contributed by atoms with Crippen molar-refractivity contribution in [3.05, 3.63) is 0 Å². The summed E-state index contributed by atoms with van der Waals surface area (Å²) in [6, 6.07) is 0.623. The van der Waals surface area contributed by atoms with E-state index in [1.807, 2.05) is 0 Å². The molecule has 1 unspecified atom stereocenters. The molecule has 1 aliphatic rings. The molecule has 0 aromatic carbocycles. The van der Waals surface area contributed by atoms with Crippen molar-refractivity contribution in [1.82, 2.24) is 5.32 Å². The van der Waals surface area contributed by atoms with E-state index in [9.17, 15) is 0 Å². The van der Waals surface area contributed by atoms with E-state index in [-0.39, 0.29) is 0 Å². The second-order valence-electron chi connectivity index (χ2n) is 4.37. The van der Waals surface area contributed by atoms with Crippen molar-refractivity contribution in [2.45, 2.75) is 52.0 Å². The highest BCUT2D eigenvalue weighted by molar-refractivity contribution is 4.71. The number of hydrogen-bond acceptors (Lipinski definition) is 2. The van der Waals surface area contributed by atoms with Gasteiger partial charge < -0.3 is 10.1 Å². The zero-order valence-corrected chi connectivity index (χ0v) is 9.72. The minimum atomic E-state index is 0.623. The van der Waals surface area contributed by atoms with Crippen molar-refractivity contribution in [3.8, 4) is 0 Å². The summed E-state index contributed by atoms with van der Waals surface area (Å²) in [7, 11) is 0. The lowest BCUT2D eigenvalue weighted by molar-refractivity contribution is 0.0730. The van der Waals surface area contributed by atoms with Gasteiger partial charge in [-0.25, -0.2) is 0 Å². The fraction of sp³-hybridized carbons (Fsp3) is 1.00. The van der Waals surface area contributed by atoms with Gasteiger partial charge in [-0.3, -0.25) is 0 Å². The fourth-order valence-corrected chi connectivity index (χ4v) is 1.97. The Hall–Kier alpha value is -0.0800. The molecule has 1 saturated heterocycles. The van der Waals surface area contributed by atoms with Crippen molar-refractivity contribution >= 4 is 0 Å². The average Bonchev–Trinajstić information content (AvgIpc) is 2.26. The second kappa shape index (κ2) is 7.24. The highest BCUT2D eigenvalue weighted by Gasteiger charge is 2.12. The molecule has 0 saturated carbocycles. The lowest BCUT2D eigenvalue weighted by atomic mass is 10.0. The van der Waals surface area contributed by atoms with Crippen LogP contribution in [-0.4, -0.2) is 25.8 Å². The number of piperidine rings is 1. The monoisotopic (exact) mass is 199 g/mol. The van der Waals surface area contributed by atoms with Gasteiger partial charge in [0.25, 0.3) is 0 Å². The van der Waals surface area contributed by atoms with Crippen LogP contribution in [0.3, 0.4) is 0 Å². The largest absolute Gasteiger partial charge is 0.380 e. The molecule has 0 amide bonds. The molecule has 0 aliphatic carbocycles. The summed E-state index contributed by atoms with van der Waals surface area (Å²) in [4.78, 5) is 0. The van der Waals surface area contributed by atoms with Gasteiger partial charge in [0.1, 0.15) is 0 Å². The molecule has 84 valence electrons. The van der Waals surface area contributed by atoms with Crippen LogP contribution in [0.25, 0.3) is 0 Å². The maximum Gasteiger partial charge on any atom is 0.0619 e. The summed E-state index contributed by atoms with van der Waals surface area (Å²) >= 11 is 0. The van der Waals surface area contributed by atoms with E-state index in [0.29, 0.717) is 6.04 Å². The van der Waals surface area contributed by atoms with Crippen molar-refractivity contribution in [2.24, 2.45) is 5.92 Å². The van der Waals surface area contributed by atoms with Crippen LogP contribution >= 0.6 is 0 Å². The minimum Gasteiger partial charge on any atom is -0.380 e. The molecule has 1 aliphatic heterocycles. The van der Waals surface area contributed by atoms with Crippen molar-refractivity contribution in [1.29, 1.82) is 0 Å². The Balaban J connectivity index is 2.01. The smallest absolute Gasteiger partial charge is 0.0619 e. The van der Waals surface area contributed by atoms with Crippen LogP contribution in [0.4, 0.5) is 0 Å². The van der Waals surface area contributed by atoms with Crippen molar-refractivity contribution < 1.29 is 4.74 Å². The van der Waals surface area contributed by atoms with E-state index in [0.717, 1.165) is 19.1 Å². The number of hydrogen-bond donors (Lipinski definition) is 1. The summed E-state index contributed by atoms with van der Waals surface area (Å²) < 4.78 is 5.75. The van der Waals surface area contributed by atoms with Gasteiger partial charge in [-0.2, -0.15) is 0 Å². The Morgan fingerprint density at radius 1 is 1.29 bits per heavy atom. The summed E-state index contributed by atoms with van der Waals surface area (Å²) in [5.41, 5.74) is 0. The van der Waals surface area contributed by atoms with Gasteiger partial charge in [-0.05, 0) is 25.3 Å². The molecular weight excluding hydrogens is 174 g/mol. The highest BCUT2D eigenvalue weighted by Crippen LogP contribution is 2.10. The molecular formula is C12H25NO. The molecule has 1 rings (SSSR count). The van der Waals surface area contributed by atoms with Crippen molar-refractivity contribution in [3.63, 3.8) is 0 Å². The summed E-state index contributed by atoms with van der Waals surface area (Å²) in [6.45, 7) is 7.54. The Morgan fingerprint density at radius 3 is 2.64 bits per heavy atom. The summed E-state index contributed by atoms with van der Waals surface area (Å²) in [5.74, 6) is 0.763. The van der Waals surface area contributed by atoms with Gasteiger partial charge in [-0.1, -0.05) is 33.1 Å². The molecule has 0 aromatic heterocycles. The molecule has 0 bridgehead atoms. The SMILES string of the molecule is CCC(CC)COCC1CCCCN1. The van der Waals surface area contributed by atoms with E-state index >= 15 is 0 Å². The van der Waals surface area contributed by atoms with Crippen LogP contribution < -0.4 is 5.32 Å². The lowest BCUT2D eigenvalue weighted by Crippen LogP contribution is -2.37. The van der Waals surface area contributed by atoms with Crippen LogP contribution in [0.15, 0.2) is 0 Å². The first-order valence-electron chi connectivity index (χ1n) is 6.18. The summed E-state index contributed by atoms with van der Waals surface area (Å²) in [5, 5.41) is 3.50. The van der Waals surface area contributed by atoms with Crippen LogP contribution in [0, 0.1) is 5.92 Å². The predicted octanol–water partition coefficient (Wildman–Crippen LogP) is 2.58. The molecule has 14 heavy (non-hydrogen) atoms. The molecule has 0 spiro atoms. The molecule has 0 radical (unpaired) electrons. The van der Waals surface area contributed by atoms with Gasteiger partial charge >= 0.3 is 0 Å². The molecule has 0 aromatic rings. The van der Waals surface area contributed by atoms with E-state index < -0.39 is 0 Å². The van der Waals surface area contributed by atoms with Gasteiger partial charge in [0.15, 0.2) is 0 Å². The van der Waals surface area contributed by atoms with Crippen LogP contribution in [-0.2, 0) is 4.74 Å². The third-order valence-electron chi connectivity index (χ3n) is 3.24. The number of nitrogens with one attached hydrogen (secondary N) is 1. The molecule has 2 nitrogen and oxygen atoms in total. The van der Waals surface area contributed by atoms with Crippen LogP contribution in [0.1, 0.15) is 46.0 Å². The standard InChI is InChI=1S/C12H25NO/c1-3-11(4-2)9-14-10-12-7-5-6-8-13-12/h11-13H,3-10H2,1-2H3. The average molecular weight is 199 g/mol. The minimum absolute atomic E-state index is 0.623. The third-order valence-corrected chi connectivity index (χ3v) is 3.24. The highest BCUT2D eigenvalue weighted by atomic mass is 16.5. The van der Waals surface area contributed by atoms with Crippen molar-refractivity contribution in [2.75, 3.05) is 19.8 Å². The summed E-state index contributed by atoms with van der Waals surface area (Å²) in [6.07, 6.45) is 6.49. The normalized spacial score (nSPS) is 22.9. The first-order chi connectivity index (χ1) is 6.86. The Kier molecular flexibility index (Phi) is 6.20. The molecule has 1 N–H and O–H groups in total. The maximum atomic E-state index is 5.75. The maximum absolute atomic E-state index is 5.75. The lowest BCUT2D eigenvalue weighted by Gasteiger charge is -2.24. The Bertz CT molecular complexity index is 128. The fourth-order valence-electron chi connectivity index (χ4n) is 1.97. The van der Waals surface area contributed by atoms with Gasteiger partial charge in [0.2, 0.25) is 0 Å². The van der Waals surface area contributed by atoms with Gasteiger partial charge in [0, 0.05) is 12.6 Å². The third kappa shape index (κ3) is 4.43. The van der Waals surface area contributed by atoms with E-state index in [4.69, 9.17) is 4.74 Å². The van der Waals surface area contributed by atoms with E-state index in [1.54, 1.807) is 0 Å². The molecule has 1 fully saturated rings. The zero-order valence-electron chi connectivity index (χ0n) is 9.72. The Morgan fingerprint density at radius 2 is 2.07 bits per heavy atom. The second-order valence-corrected chi connectivity index (χ2v) is 4.37. The topological polar surface area (TPSA) is 21.3 Å². The Labute approximate surface area is 88.4 Å². The quantitative estimate of drug-likeness (QED) is 0.710. The first-order valence-corrected chi connectivity index (χ1v) is 6.18. The van der Waals surface area contributed by atoms with Gasteiger partial charge in [-0.15, -0.1) is 0 Å². The number of ether oxygens (including phenoxy) is 1. The van der Waals surface area contributed by atoms with Crippen LogP contribution in [0.2, 0.25) is 0 Å². The predicted molar refractivity (Wildman–Crippen MR) is 60.5 cm³/mol. The first kappa shape index (κ1) is 12.0. The molecule has 2 heteroatoms. The molecule has 1 atom stereocenters. The van der Waals surface area contributed by atoms with E-state index in [1.165, 1.54) is 38.6 Å². The zero-order chi connectivity index (χ0) is 10.2. The van der Waals surface area contributed by atoms with Gasteiger partial charge in [0.05, 0.1) is 6.61 Å². The van der Waals surface area contributed by atoms with Crippen LogP contribution in [0.5, 0.6) is 0 Å². The number of rotatable bonds is 6.